The van der Waals surface area contributed by atoms with Crippen molar-refractivity contribution in [3.63, 3.8) is 0 Å². The summed E-state index contributed by atoms with van der Waals surface area (Å²) in [7, 11) is 4.44. The lowest BCUT2D eigenvalue weighted by Crippen LogP contribution is -2.55. The number of aromatic nitrogens is 2. The highest BCUT2D eigenvalue weighted by atomic mass is 15.3. The van der Waals surface area contributed by atoms with E-state index in [0.29, 0.717) is 12.1 Å². The lowest BCUT2D eigenvalue weighted by molar-refractivity contribution is 0.0847. The monoisotopic (exact) mass is 279 g/mol. The van der Waals surface area contributed by atoms with Crippen LogP contribution in [-0.2, 0) is 6.54 Å². The molecule has 2 atom stereocenters. The summed E-state index contributed by atoms with van der Waals surface area (Å²) in [6.45, 7) is 9.76. The van der Waals surface area contributed by atoms with Crippen molar-refractivity contribution in [1.82, 2.24) is 24.7 Å². The van der Waals surface area contributed by atoms with Gasteiger partial charge in [-0.25, -0.2) is 4.98 Å². The molecule has 0 radical (unpaired) electrons. The number of hydrogen-bond donors (Lipinski definition) is 1. The zero-order valence-corrected chi connectivity index (χ0v) is 13.3. The van der Waals surface area contributed by atoms with E-state index in [1.54, 1.807) is 0 Å². The SMILES string of the molecule is CCCn1ccnc1C(NCC)C1CN(C)CCN1C. The molecule has 0 bridgehead atoms. The van der Waals surface area contributed by atoms with Crippen molar-refractivity contribution in [3.8, 4) is 0 Å². The summed E-state index contributed by atoms with van der Waals surface area (Å²) >= 11 is 0. The number of hydrogen-bond acceptors (Lipinski definition) is 4. The Bertz CT molecular complexity index is 403. The minimum Gasteiger partial charge on any atom is -0.334 e. The maximum Gasteiger partial charge on any atom is 0.127 e. The fraction of sp³-hybridized carbons (Fsp3) is 0.800. The maximum absolute atomic E-state index is 4.64. The Morgan fingerprint density at radius 2 is 2.15 bits per heavy atom. The zero-order chi connectivity index (χ0) is 14.5. The van der Waals surface area contributed by atoms with E-state index >= 15 is 0 Å². The van der Waals surface area contributed by atoms with E-state index in [0.717, 1.165) is 39.1 Å². The van der Waals surface area contributed by atoms with Crippen LogP contribution in [0.5, 0.6) is 0 Å². The zero-order valence-electron chi connectivity index (χ0n) is 13.3. The quantitative estimate of drug-likeness (QED) is 0.848. The topological polar surface area (TPSA) is 36.3 Å². The minimum absolute atomic E-state index is 0.300. The largest absolute Gasteiger partial charge is 0.334 e. The second-order valence-electron chi connectivity index (χ2n) is 5.82. The summed E-state index contributed by atoms with van der Waals surface area (Å²) in [5.74, 6) is 1.18. The molecular formula is C15H29N5. The number of likely N-dealkylation sites (N-methyl/N-ethyl adjacent to an activating group) is 3. The molecular weight excluding hydrogens is 250 g/mol. The molecule has 0 saturated carbocycles. The molecule has 1 fully saturated rings. The smallest absolute Gasteiger partial charge is 0.127 e. The first-order valence-electron chi connectivity index (χ1n) is 7.80. The number of aryl methyl sites for hydroxylation is 1. The standard InChI is InChI=1S/C15H29N5/c1-5-8-20-9-7-17-15(20)14(16-6-2)13-12-18(3)10-11-19(13)4/h7,9,13-14,16H,5-6,8,10-12H2,1-4H3. The molecule has 5 heteroatoms. The van der Waals surface area contributed by atoms with Gasteiger partial charge < -0.3 is 14.8 Å². The van der Waals surface area contributed by atoms with Crippen molar-refractivity contribution in [2.45, 2.75) is 38.9 Å². The van der Waals surface area contributed by atoms with Crippen LogP contribution in [0.2, 0.25) is 0 Å². The summed E-state index contributed by atoms with van der Waals surface area (Å²) < 4.78 is 2.30. The highest BCUT2D eigenvalue weighted by Crippen LogP contribution is 2.22. The summed E-state index contributed by atoms with van der Waals surface area (Å²) in [5.41, 5.74) is 0. The van der Waals surface area contributed by atoms with Crippen LogP contribution >= 0.6 is 0 Å². The van der Waals surface area contributed by atoms with Gasteiger partial charge in [-0.1, -0.05) is 13.8 Å². The molecule has 0 aliphatic carbocycles. The Morgan fingerprint density at radius 1 is 1.35 bits per heavy atom. The summed E-state index contributed by atoms with van der Waals surface area (Å²) in [5, 5.41) is 3.65. The lowest BCUT2D eigenvalue weighted by atomic mass is 10.0. The van der Waals surface area contributed by atoms with Gasteiger partial charge >= 0.3 is 0 Å². The van der Waals surface area contributed by atoms with Crippen molar-refractivity contribution < 1.29 is 0 Å². The Hall–Kier alpha value is -0.910. The molecule has 1 saturated heterocycles. The van der Waals surface area contributed by atoms with Gasteiger partial charge in [0.25, 0.3) is 0 Å². The Balaban J connectivity index is 2.22. The van der Waals surface area contributed by atoms with E-state index in [4.69, 9.17) is 0 Å². The average molecular weight is 279 g/mol. The molecule has 1 aromatic heterocycles. The van der Waals surface area contributed by atoms with Gasteiger partial charge in [-0.05, 0) is 27.1 Å². The molecule has 2 heterocycles. The molecule has 2 rings (SSSR count). The summed E-state index contributed by atoms with van der Waals surface area (Å²) in [6, 6.07) is 0.779. The average Bonchev–Trinajstić information content (AvgIpc) is 2.88. The van der Waals surface area contributed by atoms with Crippen LogP contribution in [-0.4, -0.2) is 65.7 Å². The third-order valence-corrected chi connectivity index (χ3v) is 4.20. The van der Waals surface area contributed by atoms with Crippen LogP contribution < -0.4 is 5.32 Å². The van der Waals surface area contributed by atoms with Gasteiger partial charge in [0.05, 0.1) is 6.04 Å². The molecule has 2 unspecified atom stereocenters. The first kappa shape index (κ1) is 15.5. The molecule has 0 aromatic carbocycles. The van der Waals surface area contributed by atoms with Crippen LogP contribution in [0.3, 0.4) is 0 Å². The Labute approximate surface area is 123 Å². The molecule has 1 N–H and O–H groups in total. The van der Waals surface area contributed by atoms with Gasteiger partial charge in [-0.15, -0.1) is 0 Å². The van der Waals surface area contributed by atoms with E-state index in [1.165, 1.54) is 5.82 Å². The predicted molar refractivity (Wildman–Crippen MR) is 82.9 cm³/mol. The van der Waals surface area contributed by atoms with Crippen molar-refractivity contribution >= 4 is 0 Å². The highest BCUT2D eigenvalue weighted by Gasteiger charge is 2.32. The van der Waals surface area contributed by atoms with E-state index in [1.807, 2.05) is 6.20 Å². The van der Waals surface area contributed by atoms with E-state index in [-0.39, 0.29) is 0 Å². The minimum atomic E-state index is 0.300. The van der Waals surface area contributed by atoms with E-state index in [9.17, 15) is 0 Å². The van der Waals surface area contributed by atoms with Gasteiger partial charge in [0.1, 0.15) is 5.82 Å². The van der Waals surface area contributed by atoms with Crippen LogP contribution in [0.25, 0.3) is 0 Å². The molecule has 20 heavy (non-hydrogen) atoms. The van der Waals surface area contributed by atoms with Gasteiger partial charge in [-0.3, -0.25) is 4.90 Å². The third-order valence-electron chi connectivity index (χ3n) is 4.20. The maximum atomic E-state index is 4.64. The van der Waals surface area contributed by atoms with Crippen LogP contribution in [0, 0.1) is 0 Å². The molecule has 0 spiro atoms. The fourth-order valence-electron chi connectivity index (χ4n) is 3.05. The van der Waals surface area contributed by atoms with E-state index < -0.39 is 0 Å². The fourth-order valence-corrected chi connectivity index (χ4v) is 3.05. The van der Waals surface area contributed by atoms with Crippen LogP contribution in [0.1, 0.15) is 32.1 Å². The first-order chi connectivity index (χ1) is 9.67. The number of piperazine rings is 1. The van der Waals surface area contributed by atoms with Crippen LogP contribution in [0.15, 0.2) is 12.4 Å². The normalized spacial score (nSPS) is 23.1. The van der Waals surface area contributed by atoms with Crippen molar-refractivity contribution in [2.24, 2.45) is 0 Å². The Kier molecular flexibility index (Phi) is 5.57. The number of rotatable bonds is 6. The Morgan fingerprint density at radius 3 is 2.85 bits per heavy atom. The molecule has 0 amide bonds. The highest BCUT2D eigenvalue weighted by molar-refractivity contribution is 5.05. The number of nitrogens with zero attached hydrogens (tertiary/aromatic N) is 4. The third kappa shape index (κ3) is 3.40. The first-order valence-corrected chi connectivity index (χ1v) is 7.80. The van der Waals surface area contributed by atoms with Gasteiger partial charge in [0.15, 0.2) is 0 Å². The summed E-state index contributed by atoms with van der Waals surface area (Å²) in [6.07, 6.45) is 5.18. The number of imidazole rings is 1. The number of nitrogens with one attached hydrogen (secondary N) is 1. The van der Waals surface area contributed by atoms with Gasteiger partial charge in [0, 0.05) is 44.6 Å². The summed E-state index contributed by atoms with van der Waals surface area (Å²) in [4.78, 5) is 9.53. The predicted octanol–water partition coefficient (Wildman–Crippen LogP) is 1.19. The molecule has 1 aromatic rings. The second-order valence-corrected chi connectivity index (χ2v) is 5.82. The second kappa shape index (κ2) is 7.20. The van der Waals surface area contributed by atoms with Crippen molar-refractivity contribution in [3.05, 3.63) is 18.2 Å². The van der Waals surface area contributed by atoms with Crippen molar-refractivity contribution in [2.75, 3.05) is 40.3 Å². The molecule has 114 valence electrons. The molecule has 1 aliphatic heterocycles. The molecule has 1 aliphatic rings. The molecule has 5 nitrogen and oxygen atoms in total. The van der Waals surface area contributed by atoms with Gasteiger partial charge in [-0.2, -0.15) is 0 Å². The van der Waals surface area contributed by atoms with Gasteiger partial charge in [0.2, 0.25) is 0 Å². The van der Waals surface area contributed by atoms with E-state index in [2.05, 4.69) is 58.8 Å². The van der Waals surface area contributed by atoms with Crippen molar-refractivity contribution in [1.29, 1.82) is 0 Å². The van der Waals surface area contributed by atoms with Crippen LogP contribution in [0.4, 0.5) is 0 Å². The lowest BCUT2D eigenvalue weighted by Gasteiger charge is -2.42.